The van der Waals surface area contributed by atoms with Gasteiger partial charge in [-0.15, -0.1) is 0 Å². The average molecular weight is 370 g/mol. The first-order valence-corrected chi connectivity index (χ1v) is 8.07. The maximum atomic E-state index is 12.1. The van der Waals surface area contributed by atoms with E-state index in [-0.39, 0.29) is 5.91 Å². The van der Waals surface area contributed by atoms with Gasteiger partial charge in [0, 0.05) is 21.6 Å². The van der Waals surface area contributed by atoms with Crippen molar-refractivity contribution >= 4 is 38.5 Å². The van der Waals surface area contributed by atoms with Crippen LogP contribution in [0.15, 0.2) is 64.3 Å². The van der Waals surface area contributed by atoms with Gasteiger partial charge in [0.15, 0.2) is 0 Å². The number of H-pyrrole nitrogens is 1. The number of amides is 1. The molecule has 3 aromatic rings. The molecule has 3 rings (SSSR count). The van der Waals surface area contributed by atoms with Crippen LogP contribution in [-0.2, 0) is 11.2 Å². The predicted octanol–water partition coefficient (Wildman–Crippen LogP) is 4.01. The van der Waals surface area contributed by atoms with Crippen molar-refractivity contribution in [1.82, 2.24) is 10.4 Å². The van der Waals surface area contributed by atoms with E-state index in [2.05, 4.69) is 31.4 Å². The number of hydrazone groups is 1. The van der Waals surface area contributed by atoms with Crippen LogP contribution in [0.2, 0.25) is 0 Å². The summed E-state index contributed by atoms with van der Waals surface area (Å²) in [6.07, 6.45) is 2.16. The third kappa shape index (κ3) is 3.68. The number of benzene rings is 2. The predicted molar refractivity (Wildman–Crippen MR) is 96.5 cm³/mol. The van der Waals surface area contributed by atoms with E-state index in [9.17, 15) is 4.79 Å². The Morgan fingerprint density at radius 1 is 1.22 bits per heavy atom. The molecule has 0 radical (unpaired) electrons. The van der Waals surface area contributed by atoms with Gasteiger partial charge in [0.25, 0.3) is 0 Å². The smallest absolute Gasteiger partial charge is 0.244 e. The highest BCUT2D eigenvalue weighted by Crippen LogP contribution is 2.18. The van der Waals surface area contributed by atoms with Gasteiger partial charge >= 0.3 is 0 Å². The molecule has 0 unspecified atom stereocenters. The van der Waals surface area contributed by atoms with E-state index in [1.807, 2.05) is 61.7 Å². The Bertz CT molecular complexity index is 883. The number of fused-ring (bicyclic) bond motifs is 1. The molecule has 0 aliphatic carbocycles. The van der Waals surface area contributed by atoms with Crippen LogP contribution < -0.4 is 5.43 Å². The zero-order valence-electron chi connectivity index (χ0n) is 12.6. The van der Waals surface area contributed by atoms with Crippen molar-refractivity contribution in [3.05, 3.63) is 70.3 Å². The van der Waals surface area contributed by atoms with E-state index in [1.54, 1.807) is 0 Å². The quantitative estimate of drug-likeness (QED) is 0.529. The van der Waals surface area contributed by atoms with Gasteiger partial charge in [-0.1, -0.05) is 46.3 Å². The third-order valence-corrected chi connectivity index (χ3v) is 4.11. The molecule has 4 nitrogen and oxygen atoms in total. The Kier molecular flexibility index (Phi) is 4.57. The Morgan fingerprint density at radius 3 is 2.87 bits per heavy atom. The van der Waals surface area contributed by atoms with Crippen LogP contribution >= 0.6 is 15.9 Å². The lowest BCUT2D eigenvalue weighted by molar-refractivity contribution is -0.120. The number of nitrogens with zero attached hydrogens (tertiary/aromatic N) is 1. The molecule has 1 aromatic heterocycles. The number of para-hydroxylation sites is 1. The number of rotatable bonds is 4. The van der Waals surface area contributed by atoms with Crippen LogP contribution in [-0.4, -0.2) is 16.6 Å². The summed E-state index contributed by atoms with van der Waals surface area (Å²) in [6.45, 7) is 1.87. The van der Waals surface area contributed by atoms with Crippen molar-refractivity contribution < 1.29 is 4.79 Å². The van der Waals surface area contributed by atoms with Crippen LogP contribution in [0.5, 0.6) is 0 Å². The minimum atomic E-state index is -0.135. The molecule has 2 N–H and O–H groups in total. The van der Waals surface area contributed by atoms with Gasteiger partial charge in [0.1, 0.15) is 0 Å². The minimum absolute atomic E-state index is 0.135. The zero-order chi connectivity index (χ0) is 16.2. The van der Waals surface area contributed by atoms with Crippen molar-refractivity contribution in [2.75, 3.05) is 0 Å². The molecular formula is C18H16BrN3O. The average Bonchev–Trinajstić information content (AvgIpc) is 2.96. The lowest BCUT2D eigenvalue weighted by Crippen LogP contribution is -2.21. The van der Waals surface area contributed by atoms with E-state index in [0.29, 0.717) is 6.42 Å². The first kappa shape index (κ1) is 15.5. The van der Waals surface area contributed by atoms with Gasteiger partial charge in [-0.05, 0) is 36.2 Å². The van der Waals surface area contributed by atoms with Crippen molar-refractivity contribution in [2.24, 2.45) is 5.10 Å². The molecule has 1 amide bonds. The SMILES string of the molecule is CC(=NNC(=O)Cc1c[nH]c2ccccc12)c1cccc(Br)c1. The highest BCUT2D eigenvalue weighted by atomic mass is 79.9. The Hall–Kier alpha value is -2.40. The first-order chi connectivity index (χ1) is 11.1. The lowest BCUT2D eigenvalue weighted by Gasteiger charge is -2.03. The summed E-state index contributed by atoms with van der Waals surface area (Å²) in [4.78, 5) is 15.3. The molecule has 0 fully saturated rings. The van der Waals surface area contributed by atoms with Crippen molar-refractivity contribution in [3.63, 3.8) is 0 Å². The van der Waals surface area contributed by atoms with Crippen molar-refractivity contribution in [3.8, 4) is 0 Å². The number of aromatic amines is 1. The third-order valence-electron chi connectivity index (χ3n) is 3.62. The fourth-order valence-corrected chi connectivity index (χ4v) is 2.81. The number of carbonyl (C=O) groups excluding carboxylic acids is 1. The van der Waals surface area contributed by atoms with Gasteiger partial charge < -0.3 is 4.98 Å². The van der Waals surface area contributed by atoms with E-state index in [4.69, 9.17) is 0 Å². The highest BCUT2D eigenvalue weighted by molar-refractivity contribution is 9.10. The van der Waals surface area contributed by atoms with E-state index >= 15 is 0 Å². The summed E-state index contributed by atoms with van der Waals surface area (Å²) in [5, 5.41) is 5.25. The number of nitrogens with one attached hydrogen (secondary N) is 2. The molecule has 23 heavy (non-hydrogen) atoms. The monoisotopic (exact) mass is 369 g/mol. The molecule has 0 bridgehead atoms. The van der Waals surface area contributed by atoms with Crippen molar-refractivity contribution in [2.45, 2.75) is 13.3 Å². The van der Waals surface area contributed by atoms with Gasteiger partial charge in [-0.2, -0.15) is 5.10 Å². The zero-order valence-corrected chi connectivity index (χ0v) is 14.2. The summed E-state index contributed by atoms with van der Waals surface area (Å²) < 4.78 is 0.981. The Morgan fingerprint density at radius 2 is 2.04 bits per heavy atom. The number of hydrogen-bond acceptors (Lipinski definition) is 2. The summed E-state index contributed by atoms with van der Waals surface area (Å²) in [5.74, 6) is -0.135. The summed E-state index contributed by atoms with van der Waals surface area (Å²) >= 11 is 3.43. The van der Waals surface area contributed by atoms with E-state index in [0.717, 1.165) is 32.2 Å². The summed E-state index contributed by atoms with van der Waals surface area (Å²) in [5.41, 5.74) is 6.35. The second-order valence-corrected chi connectivity index (χ2v) is 6.19. The fraction of sp³-hybridized carbons (Fsp3) is 0.111. The first-order valence-electron chi connectivity index (χ1n) is 7.27. The standard InChI is InChI=1S/C18H16BrN3O/c1-12(13-5-4-6-15(19)9-13)21-22-18(23)10-14-11-20-17-8-3-2-7-16(14)17/h2-9,11,20H,10H2,1H3,(H,22,23). The highest BCUT2D eigenvalue weighted by Gasteiger charge is 2.08. The number of carbonyl (C=O) groups is 1. The molecule has 0 aliphatic rings. The second-order valence-electron chi connectivity index (χ2n) is 5.28. The lowest BCUT2D eigenvalue weighted by atomic mass is 10.1. The molecule has 1 heterocycles. The molecule has 0 atom stereocenters. The molecule has 2 aromatic carbocycles. The van der Waals surface area contributed by atoms with Gasteiger partial charge in [-0.3, -0.25) is 4.79 Å². The minimum Gasteiger partial charge on any atom is -0.361 e. The maximum Gasteiger partial charge on any atom is 0.244 e. The van der Waals surface area contributed by atoms with Crippen LogP contribution in [0.1, 0.15) is 18.1 Å². The van der Waals surface area contributed by atoms with Gasteiger partial charge in [0.05, 0.1) is 12.1 Å². The number of halogens is 1. The molecule has 0 spiro atoms. The number of hydrogen-bond donors (Lipinski definition) is 2. The molecular weight excluding hydrogens is 354 g/mol. The Balaban J connectivity index is 1.69. The van der Waals surface area contributed by atoms with Crippen LogP contribution in [0, 0.1) is 0 Å². The normalized spacial score (nSPS) is 11.7. The van der Waals surface area contributed by atoms with Crippen LogP contribution in [0.3, 0.4) is 0 Å². The molecule has 116 valence electrons. The second kappa shape index (κ2) is 6.79. The maximum absolute atomic E-state index is 12.1. The van der Waals surface area contributed by atoms with Gasteiger partial charge in [0.2, 0.25) is 5.91 Å². The van der Waals surface area contributed by atoms with E-state index in [1.165, 1.54) is 0 Å². The van der Waals surface area contributed by atoms with Gasteiger partial charge in [-0.25, -0.2) is 5.43 Å². The fourth-order valence-electron chi connectivity index (χ4n) is 2.41. The summed E-state index contributed by atoms with van der Waals surface area (Å²) in [7, 11) is 0. The molecule has 5 heteroatoms. The van der Waals surface area contributed by atoms with Crippen LogP contribution in [0.25, 0.3) is 10.9 Å². The van der Waals surface area contributed by atoms with Crippen molar-refractivity contribution in [1.29, 1.82) is 0 Å². The summed E-state index contributed by atoms with van der Waals surface area (Å²) in [6, 6.07) is 15.7. The van der Waals surface area contributed by atoms with E-state index < -0.39 is 0 Å². The number of aromatic nitrogens is 1. The Labute approximate surface area is 142 Å². The van der Waals surface area contributed by atoms with Crippen LogP contribution in [0.4, 0.5) is 0 Å². The largest absolute Gasteiger partial charge is 0.361 e. The molecule has 0 saturated heterocycles. The molecule has 0 aliphatic heterocycles. The topological polar surface area (TPSA) is 57.2 Å². The molecule has 0 saturated carbocycles.